The van der Waals surface area contributed by atoms with Crippen molar-refractivity contribution in [3.05, 3.63) is 0 Å². The number of fused-ring (bicyclic) bond motifs is 1. The fourth-order valence-corrected chi connectivity index (χ4v) is 3.56. The molecular formula is C15H31N3. The van der Waals surface area contributed by atoms with Gasteiger partial charge in [0.25, 0.3) is 0 Å². The van der Waals surface area contributed by atoms with Crippen LogP contribution in [0.5, 0.6) is 0 Å². The van der Waals surface area contributed by atoms with Gasteiger partial charge in [-0.1, -0.05) is 13.3 Å². The van der Waals surface area contributed by atoms with E-state index in [0.29, 0.717) is 0 Å². The van der Waals surface area contributed by atoms with Gasteiger partial charge in [-0.15, -0.1) is 0 Å². The van der Waals surface area contributed by atoms with Crippen LogP contribution in [0.3, 0.4) is 0 Å². The number of piperazine rings is 1. The quantitative estimate of drug-likeness (QED) is 0.741. The predicted molar refractivity (Wildman–Crippen MR) is 78.0 cm³/mol. The molecule has 2 aliphatic heterocycles. The van der Waals surface area contributed by atoms with Gasteiger partial charge in [-0.25, -0.2) is 0 Å². The smallest absolute Gasteiger partial charge is 0.0223 e. The van der Waals surface area contributed by atoms with E-state index >= 15 is 0 Å². The molecule has 2 atom stereocenters. The van der Waals surface area contributed by atoms with Crippen LogP contribution in [0.25, 0.3) is 0 Å². The summed E-state index contributed by atoms with van der Waals surface area (Å²) >= 11 is 0. The lowest BCUT2D eigenvalue weighted by Crippen LogP contribution is -2.59. The molecule has 106 valence electrons. The second-order valence-corrected chi connectivity index (χ2v) is 6.36. The van der Waals surface area contributed by atoms with Crippen LogP contribution < -0.4 is 0 Å². The maximum atomic E-state index is 2.77. The van der Waals surface area contributed by atoms with Crippen molar-refractivity contribution >= 4 is 0 Å². The van der Waals surface area contributed by atoms with Crippen molar-refractivity contribution in [1.82, 2.24) is 14.7 Å². The molecule has 2 heterocycles. The molecule has 0 N–H and O–H groups in total. The molecule has 2 rings (SSSR count). The van der Waals surface area contributed by atoms with Crippen molar-refractivity contribution in [2.24, 2.45) is 0 Å². The Kier molecular flexibility index (Phi) is 5.46. The molecule has 18 heavy (non-hydrogen) atoms. The standard InChI is InChI=1S/C15H31N3/c1-4-14-12-18-10-6-5-8-15(18)13-17(14)11-7-9-16(2)3/h14-15H,4-13H2,1-3H3. The van der Waals surface area contributed by atoms with Gasteiger partial charge in [0.2, 0.25) is 0 Å². The highest BCUT2D eigenvalue weighted by molar-refractivity contribution is 4.90. The summed E-state index contributed by atoms with van der Waals surface area (Å²) < 4.78 is 0. The largest absolute Gasteiger partial charge is 0.309 e. The van der Waals surface area contributed by atoms with Gasteiger partial charge in [0.1, 0.15) is 0 Å². The average Bonchev–Trinajstić information content (AvgIpc) is 2.37. The molecule has 0 bridgehead atoms. The zero-order valence-electron chi connectivity index (χ0n) is 12.6. The van der Waals surface area contributed by atoms with Crippen molar-refractivity contribution in [2.75, 3.05) is 46.8 Å². The first-order valence-corrected chi connectivity index (χ1v) is 7.83. The second-order valence-electron chi connectivity index (χ2n) is 6.36. The lowest BCUT2D eigenvalue weighted by atomic mass is 9.95. The van der Waals surface area contributed by atoms with Crippen LogP contribution in [-0.4, -0.2) is 73.6 Å². The van der Waals surface area contributed by atoms with E-state index in [9.17, 15) is 0 Å². The summed E-state index contributed by atoms with van der Waals surface area (Å²) in [7, 11) is 4.35. The van der Waals surface area contributed by atoms with Crippen molar-refractivity contribution in [3.63, 3.8) is 0 Å². The molecule has 0 aliphatic carbocycles. The molecule has 0 radical (unpaired) electrons. The first-order valence-electron chi connectivity index (χ1n) is 7.83. The van der Waals surface area contributed by atoms with E-state index in [1.165, 1.54) is 64.8 Å². The number of hydrogen-bond donors (Lipinski definition) is 0. The van der Waals surface area contributed by atoms with Gasteiger partial charge in [-0.05, 0) is 59.4 Å². The maximum absolute atomic E-state index is 2.77. The van der Waals surface area contributed by atoms with E-state index in [0.717, 1.165) is 12.1 Å². The van der Waals surface area contributed by atoms with Gasteiger partial charge in [0.15, 0.2) is 0 Å². The van der Waals surface area contributed by atoms with Gasteiger partial charge in [0, 0.05) is 25.2 Å². The van der Waals surface area contributed by atoms with E-state index in [4.69, 9.17) is 0 Å². The minimum atomic E-state index is 0.807. The minimum absolute atomic E-state index is 0.807. The number of piperidine rings is 1. The topological polar surface area (TPSA) is 9.72 Å². The maximum Gasteiger partial charge on any atom is 0.0223 e. The van der Waals surface area contributed by atoms with Crippen LogP contribution >= 0.6 is 0 Å². The molecule has 0 aromatic rings. The first-order chi connectivity index (χ1) is 8.70. The van der Waals surface area contributed by atoms with E-state index < -0.39 is 0 Å². The highest BCUT2D eigenvalue weighted by Crippen LogP contribution is 2.25. The highest BCUT2D eigenvalue weighted by Gasteiger charge is 2.33. The normalized spacial score (nSPS) is 30.7. The third-order valence-corrected chi connectivity index (χ3v) is 4.68. The summed E-state index contributed by atoms with van der Waals surface area (Å²) in [5.74, 6) is 0. The van der Waals surface area contributed by atoms with Crippen LogP contribution in [0, 0.1) is 0 Å². The number of rotatable bonds is 5. The Balaban J connectivity index is 1.83. The summed E-state index contributed by atoms with van der Waals surface area (Å²) in [6.07, 6.45) is 6.93. The van der Waals surface area contributed by atoms with Crippen molar-refractivity contribution in [1.29, 1.82) is 0 Å². The van der Waals surface area contributed by atoms with Gasteiger partial charge in [0.05, 0.1) is 0 Å². The Hall–Kier alpha value is -0.120. The third kappa shape index (κ3) is 3.69. The summed E-state index contributed by atoms with van der Waals surface area (Å²) in [6, 6.07) is 1.67. The Bertz CT molecular complexity index is 242. The predicted octanol–water partition coefficient (Wildman–Crippen LogP) is 1.89. The van der Waals surface area contributed by atoms with Gasteiger partial charge >= 0.3 is 0 Å². The fourth-order valence-electron chi connectivity index (χ4n) is 3.56. The molecule has 0 aromatic carbocycles. The number of hydrogen-bond acceptors (Lipinski definition) is 3. The summed E-state index contributed by atoms with van der Waals surface area (Å²) in [6.45, 7) is 8.87. The van der Waals surface area contributed by atoms with Crippen LogP contribution in [0.1, 0.15) is 39.0 Å². The third-order valence-electron chi connectivity index (χ3n) is 4.68. The van der Waals surface area contributed by atoms with Crippen LogP contribution in [-0.2, 0) is 0 Å². The minimum Gasteiger partial charge on any atom is -0.309 e. The van der Waals surface area contributed by atoms with Crippen molar-refractivity contribution in [2.45, 2.75) is 51.1 Å². The Morgan fingerprint density at radius 1 is 1.17 bits per heavy atom. The molecule has 2 fully saturated rings. The van der Waals surface area contributed by atoms with Gasteiger partial charge < -0.3 is 4.90 Å². The highest BCUT2D eigenvalue weighted by atomic mass is 15.3. The zero-order chi connectivity index (χ0) is 13.0. The summed E-state index contributed by atoms with van der Waals surface area (Å²) in [5, 5.41) is 0. The Morgan fingerprint density at radius 2 is 2.00 bits per heavy atom. The molecule has 3 heteroatoms. The van der Waals surface area contributed by atoms with Crippen LogP contribution in [0.15, 0.2) is 0 Å². The van der Waals surface area contributed by atoms with Crippen LogP contribution in [0.4, 0.5) is 0 Å². The molecule has 2 aliphatic rings. The lowest BCUT2D eigenvalue weighted by molar-refractivity contribution is 0.00647. The fraction of sp³-hybridized carbons (Fsp3) is 1.00. The second kappa shape index (κ2) is 6.88. The first kappa shape index (κ1) is 14.3. The molecule has 2 saturated heterocycles. The lowest BCUT2D eigenvalue weighted by Gasteiger charge is -2.48. The van der Waals surface area contributed by atoms with Crippen molar-refractivity contribution < 1.29 is 0 Å². The zero-order valence-corrected chi connectivity index (χ0v) is 12.6. The van der Waals surface area contributed by atoms with Gasteiger partial charge in [-0.3, -0.25) is 9.80 Å². The molecular weight excluding hydrogens is 222 g/mol. The SMILES string of the molecule is CCC1CN2CCCCC2CN1CCCN(C)C. The van der Waals surface area contributed by atoms with Gasteiger partial charge in [-0.2, -0.15) is 0 Å². The molecule has 2 unspecified atom stereocenters. The van der Waals surface area contributed by atoms with E-state index in [2.05, 4.69) is 35.7 Å². The van der Waals surface area contributed by atoms with E-state index in [1.807, 2.05) is 0 Å². The van der Waals surface area contributed by atoms with E-state index in [1.54, 1.807) is 0 Å². The number of nitrogens with zero attached hydrogens (tertiary/aromatic N) is 3. The molecule has 3 nitrogen and oxygen atoms in total. The summed E-state index contributed by atoms with van der Waals surface area (Å²) in [5.41, 5.74) is 0. The monoisotopic (exact) mass is 253 g/mol. The molecule has 0 amide bonds. The Labute approximate surface area is 113 Å². The summed E-state index contributed by atoms with van der Waals surface area (Å²) in [4.78, 5) is 7.84. The molecule has 0 saturated carbocycles. The Morgan fingerprint density at radius 3 is 2.72 bits per heavy atom. The van der Waals surface area contributed by atoms with E-state index in [-0.39, 0.29) is 0 Å². The average molecular weight is 253 g/mol. The van der Waals surface area contributed by atoms with Crippen molar-refractivity contribution in [3.8, 4) is 0 Å². The molecule has 0 spiro atoms. The van der Waals surface area contributed by atoms with Crippen LogP contribution in [0.2, 0.25) is 0 Å². The molecule has 0 aromatic heterocycles.